The fourth-order valence-corrected chi connectivity index (χ4v) is 15.3. The van der Waals surface area contributed by atoms with E-state index < -0.39 is 64.7 Å². The first-order valence-corrected chi connectivity index (χ1v) is 36.2. The molecule has 3 atom stereocenters. The summed E-state index contributed by atoms with van der Waals surface area (Å²) in [6, 6.07) is 34.3. The number of ether oxygens (including phenoxy) is 7. The van der Waals surface area contributed by atoms with E-state index in [0.29, 0.717) is 96.6 Å². The smallest absolute Gasteiger partial charge is 0.339 e. The summed E-state index contributed by atoms with van der Waals surface area (Å²) < 4.78 is 89.2. The minimum absolute atomic E-state index is 0.187. The van der Waals surface area contributed by atoms with Gasteiger partial charge in [0.1, 0.15) is 34.7 Å². The van der Waals surface area contributed by atoms with E-state index in [1.54, 1.807) is 100.0 Å². The molecule has 107 heavy (non-hydrogen) atoms. The standard InChI is InChI=1S/C31H32FNO4.2C29H28FNO4/c1-7-35-30(34)29(37-31(4,5)6)24-18(3)27(32)22-16-17(2)8-9-20(22)26(24)21-10-11-23-25-19(13-15-36-23)12-14-33-28(21)25;2*1-15-6-7-18-20(14-15)25(30)16(2)22(27(28(32)33)35-29(3,4)5)24(18)19-8-9-21-23-17(11-13-34-21)10-12-31-26(19)23/h8-12,14,16,29H,7,13,15H2,1-6H3;2*6-10,12,14,27H,11,13H2,1-5H3,(H,32,33)/t29-;2*27-/m000/s1. The highest BCUT2D eigenvalue weighted by molar-refractivity contribution is 6.12. The molecule has 2 N–H and O–H groups in total. The van der Waals surface area contributed by atoms with Crippen LogP contribution < -0.4 is 14.2 Å². The number of hydrogen-bond acceptors (Lipinski definition) is 13. The first-order chi connectivity index (χ1) is 50.7. The van der Waals surface area contributed by atoms with Gasteiger partial charge in [0, 0.05) is 104 Å². The fraction of sp³-hybridized carbons (Fsp3) is 0.326. The number of fused-ring (bicyclic) bond motifs is 3. The highest BCUT2D eigenvalue weighted by Crippen LogP contribution is 2.51. The molecule has 0 saturated heterocycles. The molecule has 6 heterocycles. The van der Waals surface area contributed by atoms with Crippen LogP contribution in [0.3, 0.4) is 0 Å². The van der Waals surface area contributed by atoms with Crippen LogP contribution in [0.25, 0.3) is 98.4 Å². The maximum atomic E-state index is 16.0. The molecule has 0 bridgehead atoms. The molecule has 3 aliphatic rings. The van der Waals surface area contributed by atoms with E-state index in [-0.39, 0.29) is 23.6 Å². The van der Waals surface area contributed by atoms with E-state index in [1.165, 1.54) is 0 Å². The van der Waals surface area contributed by atoms with Gasteiger partial charge in [0.05, 0.1) is 59.8 Å². The predicted molar refractivity (Wildman–Crippen MR) is 413 cm³/mol. The van der Waals surface area contributed by atoms with Crippen molar-refractivity contribution in [2.75, 3.05) is 26.4 Å². The van der Waals surface area contributed by atoms with E-state index in [4.69, 9.17) is 48.1 Å². The summed E-state index contributed by atoms with van der Waals surface area (Å²) in [5.41, 5.74) is 12.3. The summed E-state index contributed by atoms with van der Waals surface area (Å²) in [7, 11) is 0. The van der Waals surface area contributed by atoms with Crippen LogP contribution in [-0.4, -0.2) is 86.3 Å². The number of aromatic nitrogens is 3. The molecule has 0 radical (unpaired) electrons. The van der Waals surface area contributed by atoms with Crippen molar-refractivity contribution in [3.05, 3.63) is 212 Å². The Hall–Kier alpha value is -10.5. The topological polar surface area (TPSA) is 195 Å². The number of aliphatic carboxylic acids is 2. The number of carboxylic acids is 2. The highest BCUT2D eigenvalue weighted by Gasteiger charge is 2.39. The van der Waals surface area contributed by atoms with Crippen molar-refractivity contribution in [2.24, 2.45) is 0 Å². The van der Waals surface area contributed by atoms with Crippen molar-refractivity contribution < 1.29 is 70.9 Å². The molecule has 0 amide bonds. The molecule has 15 rings (SSSR count). The summed E-state index contributed by atoms with van der Waals surface area (Å²) in [4.78, 5) is 52.7. The van der Waals surface area contributed by atoms with Crippen molar-refractivity contribution in [3.63, 3.8) is 0 Å². The van der Waals surface area contributed by atoms with Gasteiger partial charge in [-0.05, 0) is 250 Å². The molecule has 15 nitrogen and oxygen atoms in total. The second-order valence-corrected chi connectivity index (χ2v) is 30.8. The maximum absolute atomic E-state index is 16.0. The zero-order chi connectivity index (χ0) is 76.6. The number of halogens is 3. The van der Waals surface area contributed by atoms with Crippen molar-refractivity contribution >= 4 is 82.9 Å². The number of esters is 1. The van der Waals surface area contributed by atoms with Gasteiger partial charge in [0.15, 0.2) is 18.3 Å². The van der Waals surface area contributed by atoms with E-state index in [0.717, 1.165) is 114 Å². The lowest BCUT2D eigenvalue weighted by molar-refractivity contribution is -0.166. The number of pyridine rings is 3. The lowest BCUT2D eigenvalue weighted by Crippen LogP contribution is -2.30. The molecule has 12 aromatic rings. The van der Waals surface area contributed by atoms with Gasteiger partial charge >= 0.3 is 17.9 Å². The largest absolute Gasteiger partial charge is 0.493 e. The van der Waals surface area contributed by atoms with Gasteiger partial charge in [-0.2, -0.15) is 0 Å². The molecular formula is C89H88F3N3O12. The molecule has 9 aromatic carbocycles. The Labute approximate surface area is 620 Å². The Balaban J connectivity index is 0.000000142. The van der Waals surface area contributed by atoms with Crippen molar-refractivity contribution in [1.82, 2.24) is 15.0 Å². The second kappa shape index (κ2) is 29.0. The zero-order valence-electron chi connectivity index (χ0n) is 63.3. The molecular weight excluding hydrogens is 1360 g/mol. The molecule has 3 aliphatic heterocycles. The first-order valence-electron chi connectivity index (χ1n) is 36.2. The zero-order valence-corrected chi connectivity index (χ0v) is 63.3. The van der Waals surface area contributed by atoms with Crippen molar-refractivity contribution in [1.29, 1.82) is 0 Å². The molecule has 3 aromatic heterocycles. The number of carboxylic acid groups (broad SMARTS) is 2. The number of nitrogens with zero attached hydrogens (tertiary/aromatic N) is 3. The average Bonchev–Trinajstić information content (AvgIpc) is 0.737. The summed E-state index contributed by atoms with van der Waals surface area (Å²) in [6.07, 6.45) is 3.76. The molecule has 0 saturated carbocycles. The van der Waals surface area contributed by atoms with Crippen LogP contribution in [-0.2, 0) is 52.6 Å². The number of hydrogen-bond donors (Lipinski definition) is 2. The van der Waals surface area contributed by atoms with Crippen LogP contribution in [0.15, 0.2) is 128 Å². The number of carbonyl (C=O) groups is 3. The maximum Gasteiger partial charge on any atom is 0.339 e. The minimum atomic E-state index is -1.37. The Kier molecular flexibility index (Phi) is 20.2. The quantitative estimate of drug-likeness (QED) is 0.103. The molecule has 18 heteroatoms. The monoisotopic (exact) mass is 1450 g/mol. The van der Waals surface area contributed by atoms with E-state index in [1.807, 2.05) is 139 Å². The fourth-order valence-electron chi connectivity index (χ4n) is 15.3. The van der Waals surface area contributed by atoms with Crippen LogP contribution in [0, 0.1) is 59.0 Å². The van der Waals surface area contributed by atoms with Gasteiger partial charge in [0.2, 0.25) is 0 Å². The second-order valence-electron chi connectivity index (χ2n) is 30.8. The number of rotatable bonds is 13. The van der Waals surface area contributed by atoms with Crippen LogP contribution in [0.4, 0.5) is 13.2 Å². The van der Waals surface area contributed by atoms with Gasteiger partial charge < -0.3 is 43.4 Å². The molecule has 0 aliphatic carbocycles. The number of benzene rings is 9. The predicted octanol–water partition coefficient (Wildman–Crippen LogP) is 20.5. The Bertz CT molecular complexity index is 5380. The Morgan fingerprint density at radius 1 is 0.421 bits per heavy atom. The Morgan fingerprint density at radius 3 is 0.991 bits per heavy atom. The van der Waals surface area contributed by atoms with E-state index >= 15 is 13.2 Å². The third-order valence-corrected chi connectivity index (χ3v) is 19.7. The summed E-state index contributed by atoms with van der Waals surface area (Å²) >= 11 is 0. The summed E-state index contributed by atoms with van der Waals surface area (Å²) in [5, 5.41) is 26.6. The van der Waals surface area contributed by atoms with Gasteiger partial charge in [0.25, 0.3) is 0 Å². The van der Waals surface area contributed by atoms with Crippen LogP contribution in [0.5, 0.6) is 17.2 Å². The minimum Gasteiger partial charge on any atom is -0.493 e. The molecule has 552 valence electrons. The SMILES string of the molecule is CCOC(=O)[C@@H](OC(C)(C)C)c1c(C)c(F)c2cc(C)ccc2c1-c1ccc2c3c(ccnc13)CCO2.Cc1ccc2c(-c3ccc4c5c(ccnc35)CCO4)c([C@H](OC(C)(C)C)C(=O)O)c(C)c(F)c2c1.Cc1ccc2c(-c3ccc4c5c(ccnc35)CCO4)c([C@H](OC(C)(C)C)C(=O)O)c(C)c(F)c2c1. The number of aryl methyl sites for hydroxylation is 3. The highest BCUT2D eigenvalue weighted by atomic mass is 19.1. The van der Waals surface area contributed by atoms with Gasteiger partial charge in [-0.25, -0.2) is 27.6 Å². The Morgan fingerprint density at radius 2 is 0.710 bits per heavy atom. The molecule has 0 fully saturated rings. The van der Waals surface area contributed by atoms with Crippen LogP contribution in [0.1, 0.15) is 154 Å². The van der Waals surface area contributed by atoms with Crippen molar-refractivity contribution in [3.8, 4) is 50.6 Å². The average molecular weight is 1450 g/mol. The lowest BCUT2D eigenvalue weighted by atomic mass is 9.84. The number of carbonyl (C=O) groups excluding carboxylic acids is 1. The normalized spacial score (nSPS) is 14.2. The third-order valence-electron chi connectivity index (χ3n) is 19.7. The third kappa shape index (κ3) is 14.3. The summed E-state index contributed by atoms with van der Waals surface area (Å²) in [5.74, 6) is -1.87. The van der Waals surface area contributed by atoms with Gasteiger partial charge in [-0.3, -0.25) is 15.0 Å². The summed E-state index contributed by atoms with van der Waals surface area (Å²) in [6.45, 7) is 30.8. The van der Waals surface area contributed by atoms with Gasteiger partial charge in [-0.15, -0.1) is 0 Å². The molecule has 0 unspecified atom stereocenters. The van der Waals surface area contributed by atoms with Crippen LogP contribution in [0.2, 0.25) is 0 Å². The molecule has 0 spiro atoms. The van der Waals surface area contributed by atoms with E-state index in [2.05, 4.69) is 0 Å². The van der Waals surface area contributed by atoms with Crippen molar-refractivity contribution in [2.45, 2.75) is 165 Å². The first kappa shape index (κ1) is 74.7. The van der Waals surface area contributed by atoms with E-state index in [9.17, 15) is 24.6 Å². The van der Waals surface area contributed by atoms with Crippen LogP contribution >= 0.6 is 0 Å². The lowest BCUT2D eigenvalue weighted by Gasteiger charge is -2.30. The van der Waals surface area contributed by atoms with Gasteiger partial charge in [-0.1, -0.05) is 53.1 Å².